The van der Waals surface area contributed by atoms with Gasteiger partial charge in [-0.25, -0.2) is 4.79 Å². The third-order valence-electron chi connectivity index (χ3n) is 7.50. The van der Waals surface area contributed by atoms with Crippen LogP contribution in [0.25, 0.3) is 0 Å². The molecule has 222 valence electrons. The number of benzene rings is 2. The molecule has 3 N–H and O–H groups in total. The Morgan fingerprint density at radius 3 is 2.50 bits per heavy atom. The average molecular weight is 576 g/mol. The first-order valence-corrected chi connectivity index (χ1v) is 14.0. The smallest absolute Gasteiger partial charge is 0.323 e. The Labute approximate surface area is 245 Å². The maximum absolute atomic E-state index is 13.5. The van der Waals surface area contributed by atoms with Crippen LogP contribution in [0.5, 0.6) is 17.2 Å². The van der Waals surface area contributed by atoms with Crippen LogP contribution in [0.3, 0.4) is 0 Å². The maximum atomic E-state index is 13.5. The van der Waals surface area contributed by atoms with Gasteiger partial charge in [-0.15, -0.1) is 0 Å². The van der Waals surface area contributed by atoms with Crippen molar-refractivity contribution in [3.05, 3.63) is 72.1 Å². The molecule has 3 atom stereocenters. The first-order chi connectivity index (χ1) is 20.3. The van der Waals surface area contributed by atoms with E-state index in [9.17, 15) is 14.7 Å². The number of likely N-dealkylation sites (N-methyl/N-ethyl adjacent to an activating group) is 1. The SMILES string of the molecule is C[C@H]1CN([C@@H](C)CO)C(=O)Cc2cc(NC(=O)Nc3ccc4c(c3)OCO4)ccc2O[C@@H]1CN(C)Cc1ccncc1. The molecular formula is C31H37N5O6. The molecule has 42 heavy (non-hydrogen) atoms. The zero-order valence-electron chi connectivity index (χ0n) is 24.1. The zero-order valence-corrected chi connectivity index (χ0v) is 24.1. The molecule has 11 heteroatoms. The molecule has 2 aromatic carbocycles. The monoisotopic (exact) mass is 575 g/mol. The van der Waals surface area contributed by atoms with Crippen molar-refractivity contribution in [2.75, 3.05) is 44.2 Å². The summed E-state index contributed by atoms with van der Waals surface area (Å²) in [7, 11) is 2.04. The molecule has 0 saturated carbocycles. The number of aliphatic hydroxyl groups is 1. The van der Waals surface area contributed by atoms with Crippen molar-refractivity contribution >= 4 is 23.3 Å². The van der Waals surface area contributed by atoms with Crippen LogP contribution in [0.15, 0.2) is 60.9 Å². The third kappa shape index (κ3) is 7.10. The van der Waals surface area contributed by atoms with E-state index in [-0.39, 0.29) is 43.8 Å². The molecule has 0 fully saturated rings. The summed E-state index contributed by atoms with van der Waals surface area (Å²) in [6.45, 7) is 5.71. The summed E-state index contributed by atoms with van der Waals surface area (Å²) in [5, 5.41) is 15.5. The van der Waals surface area contributed by atoms with E-state index in [1.807, 2.05) is 26.1 Å². The van der Waals surface area contributed by atoms with Crippen molar-refractivity contribution in [2.24, 2.45) is 5.92 Å². The Balaban J connectivity index is 1.34. The molecule has 11 nitrogen and oxygen atoms in total. The lowest BCUT2D eigenvalue weighted by Gasteiger charge is -2.34. The van der Waals surface area contributed by atoms with Gasteiger partial charge in [0.1, 0.15) is 11.9 Å². The van der Waals surface area contributed by atoms with E-state index < -0.39 is 6.03 Å². The molecule has 1 aromatic heterocycles. The van der Waals surface area contributed by atoms with Crippen LogP contribution in [0, 0.1) is 5.92 Å². The number of urea groups is 1. The molecule has 3 aromatic rings. The first kappa shape index (κ1) is 29.2. The highest BCUT2D eigenvalue weighted by molar-refractivity contribution is 6.00. The highest BCUT2D eigenvalue weighted by Crippen LogP contribution is 2.34. The Morgan fingerprint density at radius 1 is 1.07 bits per heavy atom. The molecule has 0 spiro atoms. The standard InChI is InChI=1S/C31H37N5O6/c1-20-15-36(21(2)18-37)30(38)13-23-12-24(33-31(39)34-25-5-7-27-28(14-25)41-19-40-27)4-6-26(23)42-29(20)17-35(3)16-22-8-10-32-11-9-22/h4-12,14,20-21,29,37H,13,15-19H2,1-3H3,(H2,33,34,39)/t20-,21-,29+/m0/s1. The lowest BCUT2D eigenvalue weighted by atomic mass is 10.0. The van der Waals surface area contributed by atoms with Gasteiger partial charge in [0.15, 0.2) is 11.5 Å². The Hall–Kier alpha value is -4.35. The third-order valence-corrected chi connectivity index (χ3v) is 7.50. The number of aromatic nitrogens is 1. The quantitative estimate of drug-likeness (QED) is 0.371. The van der Waals surface area contributed by atoms with Gasteiger partial charge in [-0.05, 0) is 62.0 Å². The minimum Gasteiger partial charge on any atom is -0.488 e. The van der Waals surface area contributed by atoms with E-state index in [0.29, 0.717) is 47.3 Å². The number of ether oxygens (including phenoxy) is 3. The van der Waals surface area contributed by atoms with Crippen molar-refractivity contribution in [1.29, 1.82) is 0 Å². The number of pyridine rings is 1. The number of nitrogens with one attached hydrogen (secondary N) is 2. The number of rotatable bonds is 8. The van der Waals surface area contributed by atoms with Crippen LogP contribution in [0.2, 0.25) is 0 Å². The summed E-state index contributed by atoms with van der Waals surface area (Å²) in [5.41, 5.74) is 2.87. The van der Waals surface area contributed by atoms with E-state index in [1.165, 1.54) is 0 Å². The number of carbonyl (C=O) groups excluding carboxylic acids is 2. The number of hydrogen-bond donors (Lipinski definition) is 3. The zero-order chi connectivity index (χ0) is 29.6. The van der Waals surface area contributed by atoms with Crippen molar-refractivity contribution in [3.63, 3.8) is 0 Å². The van der Waals surface area contributed by atoms with Crippen LogP contribution < -0.4 is 24.8 Å². The lowest BCUT2D eigenvalue weighted by Crippen LogP contribution is -2.47. The van der Waals surface area contributed by atoms with Gasteiger partial charge in [0.05, 0.1) is 19.1 Å². The fourth-order valence-electron chi connectivity index (χ4n) is 5.16. The minimum absolute atomic E-state index is 0.0148. The van der Waals surface area contributed by atoms with E-state index in [4.69, 9.17) is 14.2 Å². The Kier molecular flexibility index (Phi) is 9.09. The number of aliphatic hydroxyl groups excluding tert-OH is 1. The number of anilines is 2. The van der Waals surface area contributed by atoms with Crippen molar-refractivity contribution in [1.82, 2.24) is 14.8 Å². The molecule has 3 heterocycles. The van der Waals surface area contributed by atoms with Crippen LogP contribution in [-0.4, -0.2) is 77.5 Å². The molecule has 0 aliphatic carbocycles. The molecule has 3 amide bonds. The van der Waals surface area contributed by atoms with Crippen molar-refractivity contribution in [3.8, 4) is 17.2 Å². The van der Waals surface area contributed by atoms with Crippen LogP contribution in [0.4, 0.5) is 16.2 Å². The highest BCUT2D eigenvalue weighted by atomic mass is 16.7. The number of fused-ring (bicyclic) bond motifs is 2. The van der Waals surface area contributed by atoms with Gasteiger partial charge in [0, 0.05) is 61.0 Å². The number of hydrogen-bond acceptors (Lipinski definition) is 8. The van der Waals surface area contributed by atoms with Gasteiger partial charge in [0.2, 0.25) is 12.7 Å². The molecule has 2 aliphatic rings. The van der Waals surface area contributed by atoms with Gasteiger partial charge in [-0.1, -0.05) is 6.92 Å². The second kappa shape index (κ2) is 13.1. The average Bonchev–Trinajstić information content (AvgIpc) is 3.45. The van der Waals surface area contributed by atoms with Gasteiger partial charge in [0.25, 0.3) is 0 Å². The van der Waals surface area contributed by atoms with Crippen LogP contribution >= 0.6 is 0 Å². The fourth-order valence-corrected chi connectivity index (χ4v) is 5.16. The van der Waals surface area contributed by atoms with Gasteiger partial charge in [-0.2, -0.15) is 0 Å². The summed E-state index contributed by atoms with van der Waals surface area (Å²) < 4.78 is 17.3. The predicted octanol–water partition coefficient (Wildman–Crippen LogP) is 3.74. The topological polar surface area (TPSA) is 125 Å². The van der Waals surface area contributed by atoms with E-state index in [1.54, 1.807) is 53.7 Å². The Morgan fingerprint density at radius 2 is 1.76 bits per heavy atom. The van der Waals surface area contributed by atoms with Crippen molar-refractivity contribution in [2.45, 2.75) is 39.0 Å². The van der Waals surface area contributed by atoms with Gasteiger partial charge >= 0.3 is 6.03 Å². The first-order valence-electron chi connectivity index (χ1n) is 14.0. The molecular weight excluding hydrogens is 538 g/mol. The highest BCUT2D eigenvalue weighted by Gasteiger charge is 2.31. The summed E-state index contributed by atoms with van der Waals surface area (Å²) in [5.74, 6) is 1.67. The maximum Gasteiger partial charge on any atom is 0.323 e. The summed E-state index contributed by atoms with van der Waals surface area (Å²) in [6, 6.07) is 13.7. The van der Waals surface area contributed by atoms with Crippen LogP contribution in [-0.2, 0) is 17.8 Å². The second-order valence-electron chi connectivity index (χ2n) is 10.9. The summed E-state index contributed by atoms with van der Waals surface area (Å²) in [4.78, 5) is 34.3. The molecule has 0 saturated heterocycles. The fraction of sp³-hybridized carbons (Fsp3) is 0.387. The number of nitrogens with zero attached hydrogens (tertiary/aromatic N) is 3. The van der Waals surface area contributed by atoms with Crippen LogP contribution in [0.1, 0.15) is 25.0 Å². The molecule has 0 unspecified atom stereocenters. The summed E-state index contributed by atoms with van der Waals surface area (Å²) >= 11 is 0. The van der Waals surface area contributed by atoms with Gasteiger partial charge in [-0.3, -0.25) is 14.7 Å². The second-order valence-corrected chi connectivity index (χ2v) is 10.9. The Bertz CT molecular complexity index is 1400. The van der Waals surface area contributed by atoms with Crippen molar-refractivity contribution < 1.29 is 28.9 Å². The predicted molar refractivity (Wildman–Crippen MR) is 158 cm³/mol. The largest absolute Gasteiger partial charge is 0.488 e. The minimum atomic E-state index is -0.441. The molecule has 0 radical (unpaired) electrons. The summed E-state index contributed by atoms with van der Waals surface area (Å²) in [6.07, 6.45) is 3.40. The van der Waals surface area contributed by atoms with Gasteiger partial charge < -0.3 is 34.9 Å². The van der Waals surface area contributed by atoms with E-state index in [0.717, 1.165) is 12.1 Å². The van der Waals surface area contributed by atoms with E-state index >= 15 is 0 Å². The molecule has 5 rings (SSSR count). The molecule has 0 bridgehead atoms. The molecule has 2 aliphatic heterocycles. The lowest BCUT2D eigenvalue weighted by molar-refractivity contribution is -0.134. The number of carbonyl (C=O) groups is 2. The number of amides is 3. The normalized spacial score (nSPS) is 18.8. The van der Waals surface area contributed by atoms with E-state index in [2.05, 4.69) is 27.4 Å².